The summed E-state index contributed by atoms with van der Waals surface area (Å²) in [6.45, 7) is 6.19. The lowest BCUT2D eigenvalue weighted by atomic mass is 9.92. The highest BCUT2D eigenvalue weighted by atomic mass is 79.9. The Hall–Kier alpha value is -1.40. The molecule has 0 bridgehead atoms. The lowest BCUT2D eigenvalue weighted by Crippen LogP contribution is -2.56. The van der Waals surface area contributed by atoms with Crippen molar-refractivity contribution in [2.24, 2.45) is 5.73 Å². The van der Waals surface area contributed by atoms with Gasteiger partial charge in [0.25, 0.3) is 0 Å². The molecule has 1 aromatic rings. The van der Waals surface area contributed by atoms with Crippen LogP contribution in [0, 0.1) is 0 Å². The molecule has 1 aromatic carbocycles. The molecular weight excluding hydrogens is 370 g/mol. The molecule has 3 atom stereocenters. The van der Waals surface area contributed by atoms with Gasteiger partial charge in [-0.25, -0.2) is 0 Å². The molecule has 132 valence electrons. The van der Waals surface area contributed by atoms with Crippen LogP contribution in [0.2, 0.25) is 0 Å². The SMILES string of the molecule is CC(NC(=O)C(C)(N)c1ccc(Br)cc1)C(=O)N1CCCCC1C. The van der Waals surface area contributed by atoms with Crippen molar-refractivity contribution >= 4 is 27.7 Å². The number of halogens is 1. The van der Waals surface area contributed by atoms with Gasteiger partial charge < -0.3 is 16.0 Å². The number of nitrogens with one attached hydrogen (secondary N) is 1. The van der Waals surface area contributed by atoms with Gasteiger partial charge in [-0.05, 0) is 57.7 Å². The maximum Gasteiger partial charge on any atom is 0.245 e. The standard InChI is InChI=1S/C18H26BrN3O2/c1-12-6-4-5-11-22(12)16(23)13(2)21-17(24)18(3,20)14-7-9-15(19)10-8-14/h7-10,12-13H,4-6,11,20H2,1-3H3,(H,21,24). The minimum atomic E-state index is -1.19. The van der Waals surface area contributed by atoms with Gasteiger partial charge in [-0.3, -0.25) is 9.59 Å². The lowest BCUT2D eigenvalue weighted by Gasteiger charge is -2.36. The number of piperidine rings is 1. The quantitative estimate of drug-likeness (QED) is 0.821. The summed E-state index contributed by atoms with van der Waals surface area (Å²) in [5.41, 5.74) is 5.74. The maximum absolute atomic E-state index is 12.6. The lowest BCUT2D eigenvalue weighted by molar-refractivity contribution is -0.139. The third-order valence-electron chi connectivity index (χ3n) is 4.72. The van der Waals surface area contributed by atoms with Gasteiger partial charge in [-0.15, -0.1) is 0 Å². The molecule has 3 N–H and O–H groups in total. The fourth-order valence-electron chi connectivity index (χ4n) is 3.01. The Morgan fingerprint density at radius 2 is 1.96 bits per heavy atom. The van der Waals surface area contributed by atoms with E-state index in [2.05, 4.69) is 28.2 Å². The van der Waals surface area contributed by atoms with Crippen molar-refractivity contribution in [3.05, 3.63) is 34.3 Å². The predicted molar refractivity (Wildman–Crippen MR) is 98.3 cm³/mol. The number of nitrogens with two attached hydrogens (primary N) is 1. The average Bonchev–Trinajstić information content (AvgIpc) is 2.55. The highest BCUT2D eigenvalue weighted by Gasteiger charge is 2.34. The third kappa shape index (κ3) is 4.16. The largest absolute Gasteiger partial charge is 0.343 e. The highest BCUT2D eigenvalue weighted by Crippen LogP contribution is 2.21. The molecule has 0 radical (unpaired) electrons. The van der Waals surface area contributed by atoms with Gasteiger partial charge in [0.1, 0.15) is 11.6 Å². The summed E-state index contributed by atoms with van der Waals surface area (Å²) in [5.74, 6) is -0.391. The number of likely N-dealkylation sites (tertiary alicyclic amines) is 1. The van der Waals surface area contributed by atoms with Crippen molar-refractivity contribution in [3.8, 4) is 0 Å². The van der Waals surface area contributed by atoms with Crippen LogP contribution in [0.4, 0.5) is 0 Å². The monoisotopic (exact) mass is 395 g/mol. The number of benzene rings is 1. The Bertz CT molecular complexity index is 601. The zero-order chi connectivity index (χ0) is 17.9. The first kappa shape index (κ1) is 18.9. The van der Waals surface area contributed by atoms with Crippen molar-refractivity contribution in [1.29, 1.82) is 0 Å². The van der Waals surface area contributed by atoms with E-state index in [4.69, 9.17) is 5.73 Å². The van der Waals surface area contributed by atoms with Gasteiger partial charge in [0, 0.05) is 17.1 Å². The fourth-order valence-corrected chi connectivity index (χ4v) is 3.27. The van der Waals surface area contributed by atoms with Gasteiger partial charge >= 0.3 is 0 Å². The molecule has 1 aliphatic rings. The molecule has 2 amide bonds. The van der Waals surface area contributed by atoms with Crippen LogP contribution in [0.15, 0.2) is 28.7 Å². The summed E-state index contributed by atoms with van der Waals surface area (Å²) in [6.07, 6.45) is 3.18. The van der Waals surface area contributed by atoms with Crippen LogP contribution in [0.5, 0.6) is 0 Å². The van der Waals surface area contributed by atoms with Crippen molar-refractivity contribution in [3.63, 3.8) is 0 Å². The first-order chi connectivity index (χ1) is 11.2. The second-order valence-electron chi connectivity index (χ2n) is 6.78. The van der Waals surface area contributed by atoms with E-state index in [1.165, 1.54) is 0 Å². The normalized spacial score (nSPS) is 21.7. The predicted octanol–water partition coefficient (Wildman–Crippen LogP) is 2.53. The van der Waals surface area contributed by atoms with Crippen molar-refractivity contribution in [2.45, 2.75) is 57.7 Å². The Morgan fingerprint density at radius 3 is 2.54 bits per heavy atom. The number of hydrogen-bond acceptors (Lipinski definition) is 3. The Labute approximate surface area is 152 Å². The number of amides is 2. The summed E-state index contributed by atoms with van der Waals surface area (Å²) < 4.78 is 0.921. The van der Waals surface area contributed by atoms with Gasteiger partial charge in [-0.2, -0.15) is 0 Å². The van der Waals surface area contributed by atoms with Crippen molar-refractivity contribution in [2.75, 3.05) is 6.54 Å². The topological polar surface area (TPSA) is 75.4 Å². The number of carbonyl (C=O) groups excluding carboxylic acids is 2. The molecule has 1 aliphatic heterocycles. The van der Waals surface area contributed by atoms with Crippen LogP contribution >= 0.6 is 15.9 Å². The van der Waals surface area contributed by atoms with Crippen LogP contribution in [-0.4, -0.2) is 35.3 Å². The minimum Gasteiger partial charge on any atom is -0.343 e. The van der Waals surface area contributed by atoms with E-state index >= 15 is 0 Å². The molecule has 0 aliphatic carbocycles. The molecule has 3 unspecified atom stereocenters. The van der Waals surface area contributed by atoms with Crippen molar-refractivity contribution < 1.29 is 9.59 Å². The van der Waals surface area contributed by atoms with Gasteiger partial charge in [0.05, 0.1) is 0 Å². The molecule has 1 fully saturated rings. The Morgan fingerprint density at radius 1 is 1.33 bits per heavy atom. The molecule has 2 rings (SSSR count). The Balaban J connectivity index is 2.04. The first-order valence-electron chi connectivity index (χ1n) is 8.40. The van der Waals surface area contributed by atoms with Crippen LogP contribution < -0.4 is 11.1 Å². The van der Waals surface area contributed by atoms with Gasteiger partial charge in [0.2, 0.25) is 11.8 Å². The molecule has 1 heterocycles. The number of rotatable bonds is 4. The zero-order valence-corrected chi connectivity index (χ0v) is 16.1. The molecule has 0 aromatic heterocycles. The second-order valence-corrected chi connectivity index (χ2v) is 7.70. The summed E-state index contributed by atoms with van der Waals surface area (Å²) in [7, 11) is 0. The smallest absolute Gasteiger partial charge is 0.245 e. The average molecular weight is 396 g/mol. The van der Waals surface area contributed by atoms with E-state index in [0.29, 0.717) is 5.56 Å². The van der Waals surface area contributed by atoms with E-state index in [0.717, 1.165) is 30.3 Å². The molecule has 1 saturated heterocycles. The summed E-state index contributed by atoms with van der Waals surface area (Å²) >= 11 is 3.37. The van der Waals surface area contributed by atoms with Crippen LogP contribution in [-0.2, 0) is 15.1 Å². The van der Waals surface area contributed by atoms with E-state index in [1.807, 2.05) is 29.2 Å². The minimum absolute atomic E-state index is 0.0397. The van der Waals surface area contributed by atoms with E-state index in [9.17, 15) is 9.59 Å². The number of hydrogen-bond donors (Lipinski definition) is 2. The molecule has 6 heteroatoms. The molecular formula is C18H26BrN3O2. The van der Waals surface area contributed by atoms with Crippen LogP contribution in [0.3, 0.4) is 0 Å². The number of carbonyl (C=O) groups is 2. The fraction of sp³-hybridized carbons (Fsp3) is 0.556. The van der Waals surface area contributed by atoms with Crippen molar-refractivity contribution in [1.82, 2.24) is 10.2 Å². The van der Waals surface area contributed by atoms with Gasteiger partial charge in [-0.1, -0.05) is 28.1 Å². The van der Waals surface area contributed by atoms with Gasteiger partial charge in [0.15, 0.2) is 0 Å². The highest BCUT2D eigenvalue weighted by molar-refractivity contribution is 9.10. The second kappa shape index (κ2) is 7.66. The summed E-state index contributed by atoms with van der Waals surface area (Å²) in [4.78, 5) is 27.1. The molecule has 24 heavy (non-hydrogen) atoms. The molecule has 0 saturated carbocycles. The van der Waals surface area contributed by atoms with E-state index in [1.54, 1.807) is 13.8 Å². The van der Waals surface area contributed by atoms with E-state index in [-0.39, 0.29) is 17.9 Å². The molecule has 0 spiro atoms. The molecule has 5 nitrogen and oxygen atoms in total. The van der Waals surface area contributed by atoms with E-state index < -0.39 is 11.6 Å². The summed E-state index contributed by atoms with van der Waals surface area (Å²) in [6, 6.07) is 6.94. The summed E-state index contributed by atoms with van der Waals surface area (Å²) in [5, 5.41) is 2.78. The zero-order valence-electron chi connectivity index (χ0n) is 14.5. The number of nitrogens with zero attached hydrogens (tertiary/aromatic N) is 1. The third-order valence-corrected chi connectivity index (χ3v) is 5.25. The maximum atomic E-state index is 12.6. The first-order valence-corrected chi connectivity index (χ1v) is 9.19. The van der Waals surface area contributed by atoms with Crippen LogP contribution in [0.25, 0.3) is 0 Å². The Kier molecular flexibility index (Phi) is 6.04. The van der Waals surface area contributed by atoms with Crippen LogP contribution in [0.1, 0.15) is 45.6 Å².